The largest absolute Gasteiger partial charge is 0.399 e. The normalized spacial score (nSPS) is 9.14. The fourth-order valence-electron chi connectivity index (χ4n) is 1.31. The van der Waals surface area contributed by atoms with Crippen molar-refractivity contribution in [1.82, 2.24) is 0 Å². The smallest absolute Gasteiger partial charge is 0.0314 e. The van der Waals surface area contributed by atoms with Gasteiger partial charge in [-0.25, -0.2) is 0 Å². The number of rotatable bonds is 1. The predicted molar refractivity (Wildman–Crippen MR) is 71.7 cm³/mol. The van der Waals surface area contributed by atoms with Gasteiger partial charge in [-0.15, -0.1) is 24.0 Å². The minimum absolute atomic E-state index is 0. The van der Waals surface area contributed by atoms with Gasteiger partial charge in [0, 0.05) is 5.69 Å². The molecule has 0 atom stereocenters. The van der Waals surface area contributed by atoms with Crippen LogP contribution in [0.3, 0.4) is 0 Å². The second-order valence-corrected chi connectivity index (χ2v) is 2.99. The first-order valence-electron chi connectivity index (χ1n) is 4.27. The molecule has 0 aromatic heterocycles. The molecule has 0 saturated heterocycles. The van der Waals surface area contributed by atoms with Crippen molar-refractivity contribution in [2.45, 2.75) is 0 Å². The van der Waals surface area contributed by atoms with Crippen LogP contribution in [0.1, 0.15) is 0 Å². The van der Waals surface area contributed by atoms with Gasteiger partial charge in [0.25, 0.3) is 0 Å². The number of hydrogen-bond acceptors (Lipinski definition) is 1. The van der Waals surface area contributed by atoms with Crippen LogP contribution in [0.2, 0.25) is 0 Å². The molecule has 0 aliphatic carbocycles. The molecule has 0 spiro atoms. The number of benzene rings is 2. The van der Waals surface area contributed by atoms with Crippen LogP contribution in [0.5, 0.6) is 0 Å². The summed E-state index contributed by atoms with van der Waals surface area (Å²) in [5.41, 5.74) is 8.84. The number of halogens is 1. The van der Waals surface area contributed by atoms with Crippen molar-refractivity contribution in [3.63, 3.8) is 0 Å². The summed E-state index contributed by atoms with van der Waals surface area (Å²) in [6.45, 7) is 0. The predicted octanol–water partition coefficient (Wildman–Crippen LogP) is 3.55. The molecule has 0 aliphatic heterocycles. The zero-order valence-electron chi connectivity index (χ0n) is 7.68. The lowest BCUT2D eigenvalue weighted by Gasteiger charge is -2.00. The van der Waals surface area contributed by atoms with Gasteiger partial charge >= 0.3 is 0 Å². The Hall–Kier alpha value is -1.03. The van der Waals surface area contributed by atoms with Crippen LogP contribution in [0.4, 0.5) is 5.69 Å². The number of hydrogen-bond donors (Lipinski definition) is 1. The molecular formula is C12H12IN. The standard InChI is InChI=1S/C12H11N.HI/c13-12-8-6-11(7-9-12)10-4-2-1-3-5-10;/h1-9H,13H2;1H. The van der Waals surface area contributed by atoms with Crippen LogP contribution < -0.4 is 5.73 Å². The molecule has 0 heterocycles. The molecule has 2 aromatic rings. The minimum atomic E-state index is 0. The molecule has 0 bridgehead atoms. The Kier molecular flexibility index (Phi) is 3.95. The van der Waals surface area contributed by atoms with Crippen molar-refractivity contribution in [1.29, 1.82) is 0 Å². The first-order chi connectivity index (χ1) is 6.36. The third-order valence-corrected chi connectivity index (χ3v) is 2.02. The van der Waals surface area contributed by atoms with Crippen molar-refractivity contribution >= 4 is 29.7 Å². The molecule has 2 heteroatoms. The van der Waals surface area contributed by atoms with E-state index in [1.54, 1.807) is 0 Å². The third kappa shape index (κ3) is 2.48. The highest BCUT2D eigenvalue weighted by Crippen LogP contribution is 2.19. The van der Waals surface area contributed by atoms with Gasteiger partial charge in [-0.05, 0) is 23.3 Å². The van der Waals surface area contributed by atoms with Crippen LogP contribution in [0.25, 0.3) is 11.1 Å². The van der Waals surface area contributed by atoms with Crippen LogP contribution in [0, 0.1) is 0 Å². The van der Waals surface area contributed by atoms with E-state index in [4.69, 9.17) is 5.73 Å². The van der Waals surface area contributed by atoms with E-state index in [1.165, 1.54) is 11.1 Å². The van der Waals surface area contributed by atoms with Gasteiger partial charge in [0.05, 0.1) is 0 Å². The molecule has 2 rings (SSSR count). The fourth-order valence-corrected chi connectivity index (χ4v) is 1.31. The molecule has 0 saturated carbocycles. The van der Waals surface area contributed by atoms with Crippen molar-refractivity contribution in [3.05, 3.63) is 54.6 Å². The van der Waals surface area contributed by atoms with Crippen LogP contribution in [-0.2, 0) is 0 Å². The van der Waals surface area contributed by atoms with Gasteiger partial charge in [-0.3, -0.25) is 0 Å². The second kappa shape index (κ2) is 5.00. The van der Waals surface area contributed by atoms with Gasteiger partial charge in [0.2, 0.25) is 0 Å². The highest BCUT2D eigenvalue weighted by molar-refractivity contribution is 14.0. The summed E-state index contributed by atoms with van der Waals surface area (Å²) in [4.78, 5) is 0. The maximum atomic E-state index is 5.60. The van der Waals surface area contributed by atoms with E-state index in [0.29, 0.717) is 0 Å². The summed E-state index contributed by atoms with van der Waals surface area (Å²) in [5, 5.41) is 0. The topological polar surface area (TPSA) is 26.0 Å². The zero-order valence-corrected chi connectivity index (χ0v) is 10.0. The summed E-state index contributed by atoms with van der Waals surface area (Å²) >= 11 is 0. The van der Waals surface area contributed by atoms with Crippen LogP contribution >= 0.6 is 24.0 Å². The lowest BCUT2D eigenvalue weighted by atomic mass is 10.1. The Labute approximate surface area is 101 Å². The van der Waals surface area contributed by atoms with E-state index in [1.807, 2.05) is 42.5 Å². The maximum Gasteiger partial charge on any atom is 0.0314 e. The van der Waals surface area contributed by atoms with E-state index < -0.39 is 0 Å². The monoisotopic (exact) mass is 297 g/mol. The molecule has 2 aromatic carbocycles. The molecule has 2 N–H and O–H groups in total. The highest BCUT2D eigenvalue weighted by Gasteiger charge is 1.94. The maximum absolute atomic E-state index is 5.60. The fraction of sp³-hybridized carbons (Fsp3) is 0. The number of nitrogens with two attached hydrogens (primary N) is 1. The van der Waals surface area contributed by atoms with E-state index in [0.717, 1.165) is 5.69 Å². The molecule has 14 heavy (non-hydrogen) atoms. The molecule has 72 valence electrons. The quantitative estimate of drug-likeness (QED) is 0.632. The Balaban J connectivity index is 0.000000980. The first kappa shape index (κ1) is 11.0. The van der Waals surface area contributed by atoms with Crippen molar-refractivity contribution in [2.75, 3.05) is 5.73 Å². The number of anilines is 1. The Morgan fingerprint density at radius 2 is 1.14 bits per heavy atom. The van der Waals surface area contributed by atoms with Gasteiger partial charge in [-0.2, -0.15) is 0 Å². The van der Waals surface area contributed by atoms with E-state index >= 15 is 0 Å². The first-order valence-corrected chi connectivity index (χ1v) is 4.27. The average Bonchev–Trinajstić information content (AvgIpc) is 2.20. The van der Waals surface area contributed by atoms with Crippen molar-refractivity contribution < 1.29 is 0 Å². The van der Waals surface area contributed by atoms with E-state index in [9.17, 15) is 0 Å². The van der Waals surface area contributed by atoms with Crippen molar-refractivity contribution in [2.24, 2.45) is 0 Å². The third-order valence-electron chi connectivity index (χ3n) is 2.02. The Morgan fingerprint density at radius 1 is 0.643 bits per heavy atom. The zero-order chi connectivity index (χ0) is 9.10. The molecular weight excluding hydrogens is 285 g/mol. The van der Waals surface area contributed by atoms with Gasteiger partial charge in [-0.1, -0.05) is 42.5 Å². The van der Waals surface area contributed by atoms with Gasteiger partial charge < -0.3 is 5.73 Å². The summed E-state index contributed by atoms with van der Waals surface area (Å²) in [6.07, 6.45) is 0. The summed E-state index contributed by atoms with van der Waals surface area (Å²) in [5.74, 6) is 0. The van der Waals surface area contributed by atoms with Gasteiger partial charge in [0.15, 0.2) is 0 Å². The second-order valence-electron chi connectivity index (χ2n) is 2.99. The molecule has 0 aliphatic rings. The highest BCUT2D eigenvalue weighted by atomic mass is 127. The molecule has 0 radical (unpaired) electrons. The summed E-state index contributed by atoms with van der Waals surface area (Å²) < 4.78 is 0. The lowest BCUT2D eigenvalue weighted by molar-refractivity contribution is 1.61. The SMILES string of the molecule is I.Nc1ccc(-c2ccccc2)cc1. The molecule has 0 amide bonds. The summed E-state index contributed by atoms with van der Waals surface area (Å²) in [7, 11) is 0. The Morgan fingerprint density at radius 3 is 1.71 bits per heavy atom. The van der Waals surface area contributed by atoms with Gasteiger partial charge in [0.1, 0.15) is 0 Å². The van der Waals surface area contributed by atoms with Crippen molar-refractivity contribution in [3.8, 4) is 11.1 Å². The molecule has 1 nitrogen and oxygen atoms in total. The lowest BCUT2D eigenvalue weighted by Crippen LogP contribution is -1.83. The van der Waals surface area contributed by atoms with Crippen LogP contribution in [0.15, 0.2) is 54.6 Å². The average molecular weight is 297 g/mol. The summed E-state index contributed by atoms with van der Waals surface area (Å²) in [6, 6.07) is 18.2. The Bertz CT molecular complexity index is 381. The molecule has 0 unspecified atom stereocenters. The number of nitrogen functional groups attached to an aromatic ring is 1. The molecule has 0 fully saturated rings. The minimum Gasteiger partial charge on any atom is -0.399 e. The van der Waals surface area contributed by atoms with Crippen LogP contribution in [-0.4, -0.2) is 0 Å². The van der Waals surface area contributed by atoms with E-state index in [-0.39, 0.29) is 24.0 Å². The van der Waals surface area contributed by atoms with E-state index in [2.05, 4.69) is 12.1 Å².